The molecule has 0 saturated carbocycles. The predicted octanol–water partition coefficient (Wildman–Crippen LogP) is 3.28. The highest BCUT2D eigenvalue weighted by atomic mass is 32.2. The van der Waals surface area contributed by atoms with Crippen LogP contribution in [0, 0.1) is 11.3 Å². The lowest BCUT2D eigenvalue weighted by Crippen LogP contribution is -2.25. The molecule has 20 heavy (non-hydrogen) atoms. The van der Waals surface area contributed by atoms with Crippen LogP contribution in [0.2, 0.25) is 0 Å². The molecule has 1 aromatic heterocycles. The van der Waals surface area contributed by atoms with Crippen molar-refractivity contribution in [3.8, 4) is 6.07 Å². The summed E-state index contributed by atoms with van der Waals surface area (Å²) in [7, 11) is 0. The number of thioether (sulfide) groups is 1. The summed E-state index contributed by atoms with van der Waals surface area (Å²) >= 11 is 3.23. The molecule has 102 valence electrons. The van der Waals surface area contributed by atoms with Gasteiger partial charge in [-0.25, -0.2) is 0 Å². The first kappa shape index (κ1) is 14.6. The summed E-state index contributed by atoms with van der Waals surface area (Å²) < 4.78 is 0. The van der Waals surface area contributed by atoms with E-state index in [2.05, 4.69) is 11.4 Å². The summed E-state index contributed by atoms with van der Waals surface area (Å²) in [6, 6.07) is 11.6. The average Bonchev–Trinajstić information content (AvgIpc) is 3.01. The predicted molar refractivity (Wildman–Crippen MR) is 84.0 cm³/mol. The summed E-state index contributed by atoms with van der Waals surface area (Å²) in [6.07, 6.45) is 0. The van der Waals surface area contributed by atoms with Crippen LogP contribution in [0.15, 0.2) is 41.1 Å². The van der Waals surface area contributed by atoms with E-state index in [9.17, 15) is 4.79 Å². The van der Waals surface area contributed by atoms with Crippen molar-refractivity contribution in [2.45, 2.75) is 5.75 Å². The van der Waals surface area contributed by atoms with Gasteiger partial charge in [-0.3, -0.25) is 4.79 Å². The zero-order valence-electron chi connectivity index (χ0n) is 10.8. The molecule has 0 bridgehead atoms. The van der Waals surface area contributed by atoms with Crippen LogP contribution in [0.3, 0.4) is 0 Å². The van der Waals surface area contributed by atoms with Crippen LogP contribution in [-0.4, -0.2) is 18.2 Å². The zero-order chi connectivity index (χ0) is 14.2. The maximum Gasteiger partial charge on any atom is 0.252 e. The molecule has 0 radical (unpaired) electrons. The molecule has 1 amide bonds. The van der Waals surface area contributed by atoms with Gasteiger partial charge in [0.1, 0.15) is 0 Å². The van der Waals surface area contributed by atoms with E-state index in [-0.39, 0.29) is 5.91 Å². The number of amides is 1. The van der Waals surface area contributed by atoms with Gasteiger partial charge in [-0.15, -0.1) is 0 Å². The van der Waals surface area contributed by atoms with E-state index in [1.807, 2.05) is 41.1 Å². The molecule has 1 aromatic carbocycles. The number of hydrogen-bond acceptors (Lipinski definition) is 4. The van der Waals surface area contributed by atoms with Crippen LogP contribution in [0.25, 0.3) is 0 Å². The first-order chi connectivity index (χ1) is 9.81. The second kappa shape index (κ2) is 7.73. The molecular weight excluding hydrogens is 288 g/mol. The quantitative estimate of drug-likeness (QED) is 0.833. The van der Waals surface area contributed by atoms with Gasteiger partial charge in [-0.1, -0.05) is 18.2 Å². The van der Waals surface area contributed by atoms with E-state index in [1.54, 1.807) is 11.8 Å². The van der Waals surface area contributed by atoms with E-state index in [0.717, 1.165) is 28.2 Å². The van der Waals surface area contributed by atoms with E-state index in [1.165, 1.54) is 11.3 Å². The molecule has 0 atom stereocenters. The first-order valence-electron chi connectivity index (χ1n) is 6.17. The monoisotopic (exact) mass is 302 g/mol. The molecule has 2 rings (SSSR count). The van der Waals surface area contributed by atoms with Gasteiger partial charge in [0, 0.05) is 29.0 Å². The molecule has 2 aromatic rings. The van der Waals surface area contributed by atoms with Gasteiger partial charge in [-0.05, 0) is 23.1 Å². The number of hydrogen-bond donors (Lipinski definition) is 1. The minimum Gasteiger partial charge on any atom is -0.351 e. The van der Waals surface area contributed by atoms with Gasteiger partial charge in [0.25, 0.3) is 5.91 Å². The number of rotatable bonds is 6. The molecule has 0 fully saturated rings. The maximum atomic E-state index is 11.7. The van der Waals surface area contributed by atoms with Gasteiger partial charge >= 0.3 is 0 Å². The third kappa shape index (κ3) is 4.12. The summed E-state index contributed by atoms with van der Waals surface area (Å²) in [6.45, 7) is 0.633. The van der Waals surface area contributed by atoms with E-state index < -0.39 is 0 Å². The highest BCUT2D eigenvalue weighted by Crippen LogP contribution is 2.15. The third-order valence-electron chi connectivity index (χ3n) is 2.71. The van der Waals surface area contributed by atoms with Gasteiger partial charge in [0.2, 0.25) is 0 Å². The molecule has 0 aliphatic heterocycles. The average molecular weight is 302 g/mol. The van der Waals surface area contributed by atoms with Crippen LogP contribution in [0.4, 0.5) is 0 Å². The molecule has 0 unspecified atom stereocenters. The van der Waals surface area contributed by atoms with Crippen LogP contribution in [0.1, 0.15) is 21.5 Å². The number of carbonyl (C=O) groups excluding carboxylic acids is 1. The largest absolute Gasteiger partial charge is 0.351 e. The Bertz CT molecular complexity index is 603. The lowest BCUT2D eigenvalue weighted by Gasteiger charge is -2.05. The van der Waals surface area contributed by atoms with Gasteiger partial charge in [-0.2, -0.15) is 28.4 Å². The molecule has 0 saturated heterocycles. The molecule has 0 spiro atoms. The maximum absolute atomic E-state index is 11.7. The molecule has 0 aliphatic rings. The minimum absolute atomic E-state index is 0.0238. The number of thiophene rings is 1. The molecule has 5 heteroatoms. The lowest BCUT2D eigenvalue weighted by molar-refractivity contribution is 0.0956. The van der Waals surface area contributed by atoms with Crippen molar-refractivity contribution in [2.24, 2.45) is 0 Å². The SMILES string of the molecule is N#Cc1ccccc1CSCCNC(=O)c1ccsc1. The number of nitrogens with one attached hydrogen (secondary N) is 1. The molecule has 3 nitrogen and oxygen atoms in total. The summed E-state index contributed by atoms with van der Waals surface area (Å²) in [5.41, 5.74) is 2.49. The fraction of sp³-hybridized carbons (Fsp3) is 0.200. The first-order valence-corrected chi connectivity index (χ1v) is 8.27. The Balaban J connectivity index is 1.70. The van der Waals surface area contributed by atoms with Crippen LogP contribution >= 0.6 is 23.1 Å². The van der Waals surface area contributed by atoms with E-state index >= 15 is 0 Å². The molecular formula is C15H14N2OS2. The number of carbonyl (C=O) groups is 1. The number of nitrogens with zero attached hydrogens (tertiary/aromatic N) is 1. The van der Waals surface area contributed by atoms with Crippen molar-refractivity contribution in [1.82, 2.24) is 5.32 Å². The zero-order valence-corrected chi connectivity index (χ0v) is 12.5. The standard InChI is InChI=1S/C15H14N2OS2/c16-9-12-3-1-2-4-13(12)10-20-8-6-17-15(18)14-5-7-19-11-14/h1-5,7,11H,6,8,10H2,(H,17,18). The van der Waals surface area contributed by atoms with Crippen LogP contribution < -0.4 is 5.32 Å². The van der Waals surface area contributed by atoms with E-state index in [0.29, 0.717) is 6.54 Å². The summed E-state index contributed by atoms with van der Waals surface area (Å²) in [5.74, 6) is 1.59. The smallest absolute Gasteiger partial charge is 0.252 e. The highest BCUT2D eigenvalue weighted by molar-refractivity contribution is 7.98. The Morgan fingerprint density at radius 2 is 2.20 bits per heavy atom. The second-order valence-electron chi connectivity index (χ2n) is 4.09. The van der Waals surface area contributed by atoms with Gasteiger partial charge < -0.3 is 5.32 Å². The Kier molecular flexibility index (Phi) is 5.66. The number of nitriles is 1. The Morgan fingerprint density at radius 3 is 2.95 bits per heavy atom. The second-order valence-corrected chi connectivity index (χ2v) is 5.97. The fourth-order valence-corrected chi connectivity index (χ4v) is 3.17. The molecule has 1 heterocycles. The van der Waals surface area contributed by atoms with Crippen molar-refractivity contribution in [1.29, 1.82) is 5.26 Å². The number of benzene rings is 1. The van der Waals surface area contributed by atoms with Crippen molar-refractivity contribution >= 4 is 29.0 Å². The normalized spacial score (nSPS) is 9.95. The minimum atomic E-state index is -0.0238. The fourth-order valence-electron chi connectivity index (χ4n) is 1.67. The highest BCUT2D eigenvalue weighted by Gasteiger charge is 2.04. The summed E-state index contributed by atoms with van der Waals surface area (Å²) in [4.78, 5) is 11.7. The Labute approximate surface area is 126 Å². The molecule has 1 N–H and O–H groups in total. The Hall–Kier alpha value is -1.77. The molecule has 0 aliphatic carbocycles. The van der Waals surface area contributed by atoms with Gasteiger partial charge in [0.15, 0.2) is 0 Å². The van der Waals surface area contributed by atoms with Crippen molar-refractivity contribution in [3.63, 3.8) is 0 Å². The third-order valence-corrected chi connectivity index (χ3v) is 4.40. The van der Waals surface area contributed by atoms with Crippen molar-refractivity contribution in [3.05, 3.63) is 57.8 Å². The van der Waals surface area contributed by atoms with Crippen molar-refractivity contribution in [2.75, 3.05) is 12.3 Å². The summed E-state index contributed by atoms with van der Waals surface area (Å²) in [5, 5.41) is 15.6. The Morgan fingerprint density at radius 1 is 1.35 bits per heavy atom. The van der Waals surface area contributed by atoms with Crippen molar-refractivity contribution < 1.29 is 4.79 Å². The van der Waals surface area contributed by atoms with E-state index in [4.69, 9.17) is 5.26 Å². The lowest BCUT2D eigenvalue weighted by atomic mass is 10.1. The van der Waals surface area contributed by atoms with Crippen LogP contribution in [0.5, 0.6) is 0 Å². The van der Waals surface area contributed by atoms with Gasteiger partial charge in [0.05, 0.1) is 11.6 Å². The topological polar surface area (TPSA) is 52.9 Å². The van der Waals surface area contributed by atoms with Crippen LogP contribution in [-0.2, 0) is 5.75 Å².